The molecule has 0 aromatic heterocycles. The normalized spacial score (nSPS) is 30.9. The number of carbonyl (C=O) groups excluding carboxylic acids is 5. The summed E-state index contributed by atoms with van der Waals surface area (Å²) in [6.45, 7) is 4.05. The quantitative estimate of drug-likeness (QED) is 0.0972. The monoisotopic (exact) mass is 627 g/mol. The summed E-state index contributed by atoms with van der Waals surface area (Å²) >= 11 is 0. The van der Waals surface area contributed by atoms with Crippen LogP contribution in [0.5, 0.6) is 0 Å². The second-order valence-electron chi connectivity index (χ2n) is 9.11. The van der Waals surface area contributed by atoms with E-state index in [1.54, 1.807) is 0 Å². The van der Waals surface area contributed by atoms with Crippen LogP contribution < -0.4 is 0 Å². The van der Waals surface area contributed by atoms with E-state index >= 15 is 0 Å². The van der Waals surface area contributed by atoms with Gasteiger partial charge in [0.25, 0.3) is 0 Å². The van der Waals surface area contributed by atoms with Crippen LogP contribution in [0, 0.1) is 0 Å². The minimum absolute atomic E-state index is 0.509. The fourth-order valence-electron chi connectivity index (χ4n) is 4.49. The topological polar surface area (TPSA) is 305 Å². The van der Waals surface area contributed by atoms with E-state index in [9.17, 15) is 24.0 Å². The number of hydrogen-bond donors (Lipinski definition) is 0. The van der Waals surface area contributed by atoms with Gasteiger partial charge in [-0.05, 0) is 16.6 Å². The molecule has 0 saturated carbocycles. The summed E-state index contributed by atoms with van der Waals surface area (Å²) in [7, 11) is 0. The Morgan fingerprint density at radius 2 is 0.977 bits per heavy atom. The number of ether oxygens (including phenoxy) is 8. The summed E-state index contributed by atoms with van der Waals surface area (Å²) in [6.07, 6.45) is -15.8. The van der Waals surface area contributed by atoms with Crippen LogP contribution in [0.3, 0.4) is 0 Å². The first kappa shape index (κ1) is 35.4. The van der Waals surface area contributed by atoms with Gasteiger partial charge in [-0.1, -0.05) is 15.3 Å². The van der Waals surface area contributed by atoms with Crippen LogP contribution in [-0.4, -0.2) is 104 Å². The van der Waals surface area contributed by atoms with Gasteiger partial charge in [0.2, 0.25) is 0 Å². The van der Waals surface area contributed by atoms with Crippen molar-refractivity contribution >= 4 is 29.8 Å². The summed E-state index contributed by atoms with van der Waals surface area (Å²) < 4.78 is 44.4. The van der Waals surface area contributed by atoms with Crippen molar-refractivity contribution in [2.24, 2.45) is 15.3 Å². The molecule has 0 aliphatic carbocycles. The highest BCUT2D eigenvalue weighted by molar-refractivity contribution is 5.69. The molecule has 22 nitrogen and oxygen atoms in total. The zero-order chi connectivity index (χ0) is 33.0. The SMILES string of the molecule is CC(=O)O[C@@H]1[C@@H](OC(C)=O)[C@@H](N=[N+]=[N-])O[C@H](CN=[N+]=[N-])[C@H]1O[C@H]1O[C@H](CN=[N+]=[N-])[C@@H](OC(C)=O)[C@H](OC(C)=O)[C@H]1OC(C)=O. The van der Waals surface area contributed by atoms with Crippen LogP contribution in [-0.2, 0) is 61.9 Å². The standard InChI is InChI=1S/C22H29N9O13/c1-8(32)37-15-14(7-27-30-24)43-22(20(41-12(5)36)18(15)39-10(3)34)44-16-13(6-26-29-23)42-21(28-31-25)19(40-11(4)35)17(16)38-9(2)33/h13-22H,6-7H2,1-5H3/t13-,14-,15-,16-,17+,18+,19-,20-,21+,22-/m1/s1. The van der Waals surface area contributed by atoms with Crippen molar-refractivity contribution in [2.45, 2.75) is 96.0 Å². The molecule has 2 rings (SSSR count). The Balaban J connectivity index is 2.72. The molecule has 44 heavy (non-hydrogen) atoms. The summed E-state index contributed by atoms with van der Waals surface area (Å²) in [5.74, 6) is -4.51. The average Bonchev–Trinajstić information content (AvgIpc) is 2.91. The van der Waals surface area contributed by atoms with Gasteiger partial charge in [-0.25, -0.2) is 0 Å². The summed E-state index contributed by atoms with van der Waals surface area (Å²) in [6, 6.07) is 0. The zero-order valence-corrected chi connectivity index (χ0v) is 24.0. The number of azide groups is 3. The Morgan fingerprint density at radius 3 is 1.43 bits per heavy atom. The zero-order valence-electron chi connectivity index (χ0n) is 24.0. The van der Waals surface area contributed by atoms with Gasteiger partial charge in [0.05, 0.1) is 19.2 Å². The fourth-order valence-corrected chi connectivity index (χ4v) is 4.49. The van der Waals surface area contributed by atoms with E-state index in [1.165, 1.54) is 0 Å². The minimum atomic E-state index is -1.79. The Labute approximate surface area is 248 Å². The van der Waals surface area contributed by atoms with E-state index in [0.29, 0.717) is 0 Å². The molecule has 0 aromatic rings. The number of carbonyl (C=O) groups is 5. The van der Waals surface area contributed by atoms with Crippen molar-refractivity contribution in [2.75, 3.05) is 13.1 Å². The number of hydrogen-bond acceptors (Lipinski definition) is 16. The minimum Gasteiger partial charge on any atom is -0.456 e. The van der Waals surface area contributed by atoms with Gasteiger partial charge < -0.3 is 37.9 Å². The van der Waals surface area contributed by atoms with E-state index < -0.39 is 104 Å². The Bertz CT molecular complexity index is 1250. The first-order chi connectivity index (χ1) is 20.8. The highest BCUT2D eigenvalue weighted by Crippen LogP contribution is 2.35. The molecule has 240 valence electrons. The smallest absolute Gasteiger partial charge is 0.303 e. The lowest BCUT2D eigenvalue weighted by Crippen LogP contribution is -2.66. The lowest BCUT2D eigenvalue weighted by Gasteiger charge is -2.48. The molecule has 0 bridgehead atoms. The van der Waals surface area contributed by atoms with Crippen molar-refractivity contribution in [1.29, 1.82) is 0 Å². The predicted molar refractivity (Wildman–Crippen MR) is 137 cm³/mol. The molecule has 2 fully saturated rings. The molecular weight excluding hydrogens is 598 g/mol. The van der Waals surface area contributed by atoms with Crippen molar-refractivity contribution in [3.8, 4) is 0 Å². The number of rotatable bonds is 12. The molecule has 0 radical (unpaired) electrons. The molecule has 2 aliphatic heterocycles. The molecule has 0 aromatic carbocycles. The van der Waals surface area contributed by atoms with Gasteiger partial charge >= 0.3 is 29.8 Å². The van der Waals surface area contributed by atoms with Crippen LogP contribution in [0.4, 0.5) is 0 Å². The van der Waals surface area contributed by atoms with E-state index in [4.69, 9.17) is 54.5 Å². The van der Waals surface area contributed by atoms with E-state index in [0.717, 1.165) is 34.6 Å². The van der Waals surface area contributed by atoms with Crippen molar-refractivity contribution in [1.82, 2.24) is 0 Å². The maximum absolute atomic E-state index is 12.2. The average molecular weight is 628 g/mol. The molecule has 0 N–H and O–H groups in total. The third kappa shape index (κ3) is 9.87. The van der Waals surface area contributed by atoms with Crippen LogP contribution in [0.2, 0.25) is 0 Å². The molecule has 2 heterocycles. The third-order valence-electron chi connectivity index (χ3n) is 5.82. The van der Waals surface area contributed by atoms with E-state index in [1.807, 2.05) is 0 Å². The summed E-state index contributed by atoms with van der Waals surface area (Å²) in [5, 5.41) is 10.3. The van der Waals surface area contributed by atoms with Gasteiger partial charge in [-0.2, -0.15) is 0 Å². The van der Waals surface area contributed by atoms with Gasteiger partial charge in [-0.3, -0.25) is 24.0 Å². The molecule has 10 atom stereocenters. The highest BCUT2D eigenvalue weighted by Gasteiger charge is 2.56. The van der Waals surface area contributed by atoms with Gasteiger partial charge in [0.1, 0.15) is 12.2 Å². The Hall–Kier alpha value is -4.84. The molecule has 0 amide bonds. The van der Waals surface area contributed by atoms with Crippen molar-refractivity contribution < 1.29 is 61.9 Å². The molecule has 2 aliphatic rings. The van der Waals surface area contributed by atoms with E-state index in [2.05, 4.69) is 30.1 Å². The first-order valence-electron chi connectivity index (χ1n) is 12.7. The predicted octanol–water partition coefficient (Wildman–Crippen LogP) is 1.41. The summed E-state index contributed by atoms with van der Waals surface area (Å²) in [4.78, 5) is 68.3. The van der Waals surface area contributed by atoms with Gasteiger partial charge in [0, 0.05) is 49.4 Å². The van der Waals surface area contributed by atoms with Crippen LogP contribution >= 0.6 is 0 Å². The maximum Gasteiger partial charge on any atom is 0.303 e. The Morgan fingerprint density at radius 1 is 0.568 bits per heavy atom. The lowest BCUT2D eigenvalue weighted by molar-refractivity contribution is -0.338. The fraction of sp³-hybridized carbons (Fsp3) is 0.773. The molecule has 0 spiro atoms. The molecular formula is C22H29N9O13. The highest BCUT2D eigenvalue weighted by atomic mass is 16.7. The molecule has 0 unspecified atom stereocenters. The molecule has 2 saturated heterocycles. The largest absolute Gasteiger partial charge is 0.456 e. The van der Waals surface area contributed by atoms with E-state index in [-0.39, 0.29) is 0 Å². The van der Waals surface area contributed by atoms with Crippen LogP contribution in [0.15, 0.2) is 15.3 Å². The first-order valence-corrected chi connectivity index (χ1v) is 12.7. The second kappa shape index (κ2) is 16.7. The van der Waals surface area contributed by atoms with Crippen molar-refractivity contribution in [3.05, 3.63) is 31.3 Å². The Kier molecular flexibility index (Phi) is 13.4. The van der Waals surface area contributed by atoms with Crippen LogP contribution in [0.1, 0.15) is 34.6 Å². The lowest BCUT2D eigenvalue weighted by atomic mass is 9.95. The van der Waals surface area contributed by atoms with Crippen LogP contribution in [0.25, 0.3) is 31.3 Å². The van der Waals surface area contributed by atoms with Gasteiger partial charge in [0.15, 0.2) is 43.0 Å². The third-order valence-corrected chi connectivity index (χ3v) is 5.82. The number of esters is 5. The number of nitrogens with zero attached hydrogens (tertiary/aromatic N) is 9. The van der Waals surface area contributed by atoms with Gasteiger partial charge in [-0.15, -0.1) is 0 Å². The summed E-state index contributed by atoms with van der Waals surface area (Å²) in [5.41, 5.74) is 26.9. The second-order valence-corrected chi connectivity index (χ2v) is 9.11. The van der Waals surface area contributed by atoms with Crippen molar-refractivity contribution in [3.63, 3.8) is 0 Å². The maximum atomic E-state index is 12.2. The molecule has 22 heteroatoms.